The van der Waals surface area contributed by atoms with Crippen molar-refractivity contribution in [2.75, 3.05) is 0 Å². The van der Waals surface area contributed by atoms with Crippen LogP contribution in [0.3, 0.4) is 0 Å². The highest BCUT2D eigenvalue weighted by atomic mass is 35.5. The molecule has 122 valence electrons. The maximum absolute atomic E-state index is 12.7. The van der Waals surface area contributed by atoms with E-state index in [9.17, 15) is 8.78 Å². The molecular formula is C14H14ClF2N5O. The molecule has 0 aromatic carbocycles. The topological polar surface area (TPSA) is 83.8 Å². The Hall–Kier alpha value is -2.18. The first kappa shape index (κ1) is 17.2. The van der Waals surface area contributed by atoms with Crippen LogP contribution in [0.4, 0.5) is 8.78 Å². The van der Waals surface area contributed by atoms with Gasteiger partial charge in [-0.1, -0.05) is 30.6 Å². The predicted molar refractivity (Wildman–Crippen MR) is 82.8 cm³/mol. The molecule has 0 radical (unpaired) electrons. The average Bonchev–Trinajstić information content (AvgIpc) is 2.46. The summed E-state index contributed by atoms with van der Waals surface area (Å²) in [6.45, 7) is 4.67. The molecule has 0 fully saturated rings. The van der Waals surface area contributed by atoms with Gasteiger partial charge in [0, 0.05) is 17.3 Å². The Bertz CT molecular complexity index is 777. The number of azide groups is 1. The van der Waals surface area contributed by atoms with E-state index in [0.717, 1.165) is 0 Å². The number of nitrogens with zero attached hydrogens (tertiary/aromatic N) is 5. The first-order valence-corrected chi connectivity index (χ1v) is 7.10. The van der Waals surface area contributed by atoms with Crippen LogP contribution in [0.15, 0.2) is 23.6 Å². The molecule has 0 saturated heterocycles. The maximum Gasteiger partial charge on any atom is 0.274 e. The summed E-state index contributed by atoms with van der Waals surface area (Å²) in [4.78, 5) is 10.9. The first-order chi connectivity index (χ1) is 10.8. The van der Waals surface area contributed by atoms with Gasteiger partial charge in [-0.2, -0.15) is 0 Å². The molecule has 0 amide bonds. The molecule has 2 heterocycles. The van der Waals surface area contributed by atoms with Crippen LogP contribution in [0.2, 0.25) is 5.15 Å². The second-order valence-corrected chi connectivity index (χ2v) is 5.82. The van der Waals surface area contributed by atoms with Gasteiger partial charge in [0.25, 0.3) is 6.43 Å². The molecule has 0 spiro atoms. The van der Waals surface area contributed by atoms with Crippen LogP contribution in [0.5, 0.6) is 5.88 Å². The summed E-state index contributed by atoms with van der Waals surface area (Å²) in [6, 6.07) is 1.56. The molecule has 0 N–H and O–H groups in total. The van der Waals surface area contributed by atoms with Crippen molar-refractivity contribution < 1.29 is 13.5 Å². The lowest BCUT2D eigenvalue weighted by Crippen LogP contribution is -2.22. The number of aromatic nitrogens is 2. The van der Waals surface area contributed by atoms with E-state index >= 15 is 0 Å². The largest absolute Gasteiger partial charge is 0.468 e. The van der Waals surface area contributed by atoms with Crippen LogP contribution >= 0.6 is 11.6 Å². The Balaban J connectivity index is 2.66. The second kappa shape index (κ2) is 6.52. The minimum atomic E-state index is -2.65. The van der Waals surface area contributed by atoms with E-state index in [1.807, 2.05) is 0 Å². The van der Waals surface area contributed by atoms with Gasteiger partial charge >= 0.3 is 0 Å². The zero-order valence-corrected chi connectivity index (χ0v) is 13.4. The molecule has 0 bridgehead atoms. The summed E-state index contributed by atoms with van der Waals surface area (Å²) in [5.74, 6) is 0.0254. The highest BCUT2D eigenvalue weighted by Crippen LogP contribution is 2.35. The van der Waals surface area contributed by atoms with Crippen LogP contribution in [-0.4, -0.2) is 22.5 Å². The number of ether oxygens (including phenoxy) is 1. The van der Waals surface area contributed by atoms with Crippen LogP contribution in [0.1, 0.15) is 26.3 Å². The highest BCUT2D eigenvalue weighted by molar-refractivity contribution is 6.30. The fourth-order valence-corrected chi connectivity index (χ4v) is 2.22. The van der Waals surface area contributed by atoms with E-state index in [1.54, 1.807) is 19.9 Å². The van der Waals surface area contributed by atoms with Crippen LogP contribution in [0, 0.1) is 0 Å². The average molecular weight is 342 g/mol. The molecule has 2 aromatic rings. The lowest BCUT2D eigenvalue weighted by molar-refractivity contribution is 0.0210. The Morgan fingerprint density at radius 1 is 1.30 bits per heavy atom. The quantitative estimate of drug-likeness (QED) is 0.337. The third-order valence-corrected chi connectivity index (χ3v) is 3.51. The number of hydrogen-bond acceptors (Lipinski definition) is 4. The summed E-state index contributed by atoms with van der Waals surface area (Å²) in [5, 5.41) is 4.95. The minimum absolute atomic E-state index is 0.0254. The summed E-state index contributed by atoms with van der Waals surface area (Å²) in [5.41, 5.74) is 8.40. The van der Waals surface area contributed by atoms with Crippen LogP contribution < -0.4 is 4.74 Å². The van der Waals surface area contributed by atoms with E-state index in [-0.39, 0.29) is 11.0 Å². The number of rotatable bonds is 5. The van der Waals surface area contributed by atoms with Gasteiger partial charge in [-0.15, -0.1) is 0 Å². The van der Waals surface area contributed by atoms with Crippen molar-refractivity contribution >= 4 is 22.4 Å². The number of hydrogen-bond donors (Lipinski definition) is 0. The molecule has 0 aliphatic carbocycles. The third kappa shape index (κ3) is 3.60. The van der Waals surface area contributed by atoms with Gasteiger partial charge in [-0.25, -0.2) is 18.7 Å². The van der Waals surface area contributed by atoms with Crippen molar-refractivity contribution in [1.82, 2.24) is 9.97 Å². The van der Waals surface area contributed by atoms with Gasteiger partial charge in [-0.3, -0.25) is 0 Å². The Labute approximate surface area is 136 Å². The summed E-state index contributed by atoms with van der Waals surface area (Å²) < 4.78 is 30.6. The van der Waals surface area contributed by atoms with Crippen LogP contribution in [0.25, 0.3) is 21.2 Å². The maximum atomic E-state index is 12.7. The van der Waals surface area contributed by atoms with E-state index in [1.165, 1.54) is 19.3 Å². The van der Waals surface area contributed by atoms with E-state index < -0.39 is 18.1 Å². The molecular weight excluding hydrogens is 328 g/mol. The zero-order chi connectivity index (χ0) is 17.2. The Morgan fingerprint density at radius 3 is 2.61 bits per heavy atom. The van der Waals surface area contributed by atoms with Crippen LogP contribution in [-0.2, 0) is 5.54 Å². The third-order valence-electron chi connectivity index (χ3n) is 3.31. The van der Waals surface area contributed by atoms with Crippen molar-refractivity contribution in [1.29, 1.82) is 0 Å². The van der Waals surface area contributed by atoms with E-state index in [0.29, 0.717) is 16.3 Å². The SMILES string of the molecule is CC(Oc1ncc(C(C)(C)N=[N+]=[N-])c2cc(Cl)ncc12)C(F)F. The fraction of sp³-hybridized carbons (Fsp3) is 0.429. The first-order valence-electron chi connectivity index (χ1n) is 6.72. The Morgan fingerprint density at radius 2 is 2.00 bits per heavy atom. The molecule has 0 aliphatic heterocycles. The highest BCUT2D eigenvalue weighted by Gasteiger charge is 2.25. The molecule has 0 aliphatic rings. The van der Waals surface area contributed by atoms with Gasteiger partial charge in [-0.05, 0) is 29.5 Å². The Kier molecular flexibility index (Phi) is 4.87. The van der Waals surface area contributed by atoms with Gasteiger partial charge in [0.1, 0.15) is 5.15 Å². The van der Waals surface area contributed by atoms with Crippen molar-refractivity contribution in [3.05, 3.63) is 39.6 Å². The monoisotopic (exact) mass is 341 g/mol. The lowest BCUT2D eigenvalue weighted by atomic mass is 9.93. The summed E-state index contributed by atoms with van der Waals surface area (Å²) in [6.07, 6.45) is -1.14. The van der Waals surface area contributed by atoms with Crippen molar-refractivity contribution in [3.63, 3.8) is 0 Å². The van der Waals surface area contributed by atoms with Gasteiger partial charge in [0.2, 0.25) is 5.88 Å². The normalized spacial score (nSPS) is 13.0. The molecule has 2 rings (SSSR count). The zero-order valence-electron chi connectivity index (χ0n) is 12.7. The number of halogens is 3. The van der Waals surface area contributed by atoms with E-state index in [4.69, 9.17) is 21.9 Å². The number of fused-ring (bicyclic) bond motifs is 1. The predicted octanol–water partition coefficient (Wildman–Crippen LogP) is 4.86. The molecule has 0 saturated carbocycles. The standard InChI is InChI=1S/C14H14ClF2N5O/c1-7(12(16)17)23-13-9-5-19-11(15)4-8(9)10(6-20-13)14(2,3)21-22-18/h4-7,12H,1-3H3. The molecule has 1 unspecified atom stereocenters. The van der Waals surface area contributed by atoms with Gasteiger partial charge in [0.15, 0.2) is 6.10 Å². The van der Waals surface area contributed by atoms with Gasteiger partial charge in [0.05, 0.1) is 10.9 Å². The molecule has 1 atom stereocenters. The molecule has 9 heteroatoms. The fourth-order valence-electron chi connectivity index (χ4n) is 2.06. The number of pyridine rings is 2. The number of alkyl halides is 2. The smallest absolute Gasteiger partial charge is 0.274 e. The van der Waals surface area contributed by atoms with Crippen molar-refractivity contribution in [2.24, 2.45) is 5.11 Å². The van der Waals surface area contributed by atoms with Crippen molar-refractivity contribution in [3.8, 4) is 5.88 Å². The minimum Gasteiger partial charge on any atom is -0.468 e. The summed E-state index contributed by atoms with van der Waals surface area (Å²) >= 11 is 5.93. The molecule has 6 nitrogen and oxygen atoms in total. The molecule has 2 aromatic heterocycles. The van der Waals surface area contributed by atoms with E-state index in [2.05, 4.69) is 20.0 Å². The van der Waals surface area contributed by atoms with Crippen molar-refractivity contribution in [2.45, 2.75) is 38.8 Å². The molecule has 23 heavy (non-hydrogen) atoms. The van der Waals surface area contributed by atoms with Gasteiger partial charge < -0.3 is 4.74 Å². The second-order valence-electron chi connectivity index (χ2n) is 5.44. The lowest BCUT2D eigenvalue weighted by Gasteiger charge is -2.22. The summed E-state index contributed by atoms with van der Waals surface area (Å²) in [7, 11) is 0.